The van der Waals surface area contributed by atoms with E-state index in [0.29, 0.717) is 12.0 Å². The van der Waals surface area contributed by atoms with Crippen LogP contribution < -0.4 is 10.6 Å². The van der Waals surface area contributed by atoms with Crippen LogP contribution in [0.3, 0.4) is 0 Å². The molecule has 0 aromatic rings. The molecule has 19 heavy (non-hydrogen) atoms. The van der Waals surface area contributed by atoms with Gasteiger partial charge in [-0.2, -0.15) is 0 Å². The molecule has 112 valence electrons. The van der Waals surface area contributed by atoms with Gasteiger partial charge < -0.3 is 15.4 Å². The van der Waals surface area contributed by atoms with Crippen molar-refractivity contribution in [1.29, 1.82) is 0 Å². The number of likely N-dealkylation sites (N-methyl/N-ethyl adjacent to an activating group) is 1. The Morgan fingerprint density at radius 3 is 2.58 bits per heavy atom. The van der Waals surface area contributed by atoms with Gasteiger partial charge in [0, 0.05) is 12.6 Å². The molecule has 0 aromatic heterocycles. The van der Waals surface area contributed by atoms with Crippen LogP contribution in [0.5, 0.6) is 0 Å². The first-order valence-electron chi connectivity index (χ1n) is 7.65. The third-order valence-corrected chi connectivity index (χ3v) is 3.84. The Bertz CT molecular complexity index is 269. The molecule has 0 aliphatic heterocycles. The zero-order chi connectivity index (χ0) is 14.3. The van der Waals surface area contributed by atoms with E-state index in [9.17, 15) is 4.79 Å². The second kappa shape index (κ2) is 8.54. The van der Waals surface area contributed by atoms with E-state index in [2.05, 4.69) is 24.5 Å². The summed E-state index contributed by atoms with van der Waals surface area (Å²) >= 11 is 0. The highest BCUT2D eigenvalue weighted by molar-refractivity contribution is 5.80. The highest BCUT2D eigenvalue weighted by Gasteiger charge is 2.27. The number of ether oxygens (including phenoxy) is 1. The molecule has 4 heteroatoms. The number of rotatable bonds is 7. The zero-order valence-corrected chi connectivity index (χ0v) is 12.9. The topological polar surface area (TPSA) is 50.4 Å². The van der Waals surface area contributed by atoms with Crippen molar-refractivity contribution in [3.05, 3.63) is 0 Å². The van der Waals surface area contributed by atoms with Crippen molar-refractivity contribution in [2.45, 2.75) is 71.1 Å². The molecule has 3 atom stereocenters. The highest BCUT2D eigenvalue weighted by atomic mass is 16.5. The second-order valence-corrected chi connectivity index (χ2v) is 5.97. The van der Waals surface area contributed by atoms with Crippen LogP contribution >= 0.6 is 0 Å². The van der Waals surface area contributed by atoms with E-state index in [1.807, 2.05) is 14.0 Å². The lowest BCUT2D eigenvalue weighted by Crippen LogP contribution is -2.46. The number of amides is 1. The van der Waals surface area contributed by atoms with Gasteiger partial charge in [0.15, 0.2) is 0 Å². The van der Waals surface area contributed by atoms with Crippen molar-refractivity contribution in [2.75, 3.05) is 13.6 Å². The Kier molecular flexibility index (Phi) is 7.39. The third-order valence-electron chi connectivity index (χ3n) is 3.84. The third kappa shape index (κ3) is 5.91. The van der Waals surface area contributed by atoms with Crippen LogP contribution in [0.25, 0.3) is 0 Å². The number of carbonyl (C=O) groups is 1. The van der Waals surface area contributed by atoms with Gasteiger partial charge in [0.05, 0.1) is 6.10 Å². The predicted molar refractivity (Wildman–Crippen MR) is 78.1 cm³/mol. The van der Waals surface area contributed by atoms with Crippen LogP contribution in [0.1, 0.15) is 52.9 Å². The number of carbonyl (C=O) groups excluding carboxylic acids is 1. The largest absolute Gasteiger partial charge is 0.364 e. The summed E-state index contributed by atoms with van der Waals surface area (Å²) in [5, 5.41) is 6.25. The number of hydrogen-bond acceptors (Lipinski definition) is 3. The lowest BCUT2D eigenvalue weighted by Gasteiger charge is -2.33. The van der Waals surface area contributed by atoms with Crippen molar-refractivity contribution >= 4 is 5.91 Å². The fraction of sp³-hybridized carbons (Fsp3) is 0.933. The summed E-state index contributed by atoms with van der Waals surface area (Å²) in [5.74, 6) is 0.629. The summed E-state index contributed by atoms with van der Waals surface area (Å²) in [5.41, 5.74) is 0. The zero-order valence-electron chi connectivity index (χ0n) is 12.9. The summed E-state index contributed by atoms with van der Waals surface area (Å²) < 4.78 is 5.94. The maximum atomic E-state index is 11.9. The van der Waals surface area contributed by atoms with Gasteiger partial charge in [0.2, 0.25) is 5.91 Å². The molecule has 1 saturated carbocycles. The molecule has 0 aromatic carbocycles. The molecule has 0 bridgehead atoms. The first kappa shape index (κ1) is 16.4. The van der Waals surface area contributed by atoms with Crippen LogP contribution in [-0.4, -0.2) is 37.7 Å². The van der Waals surface area contributed by atoms with Crippen LogP contribution in [-0.2, 0) is 9.53 Å². The average molecular weight is 270 g/mol. The van der Waals surface area contributed by atoms with Crippen molar-refractivity contribution in [2.24, 2.45) is 5.92 Å². The van der Waals surface area contributed by atoms with Crippen molar-refractivity contribution in [3.8, 4) is 0 Å². The fourth-order valence-electron chi connectivity index (χ4n) is 2.54. The van der Waals surface area contributed by atoms with Crippen LogP contribution in [0.2, 0.25) is 0 Å². The Balaban J connectivity index is 2.31. The minimum absolute atomic E-state index is 0.0149. The Hall–Kier alpha value is -0.610. The lowest BCUT2D eigenvalue weighted by molar-refractivity contribution is -0.137. The summed E-state index contributed by atoms with van der Waals surface area (Å²) in [6.45, 7) is 6.91. The van der Waals surface area contributed by atoms with Gasteiger partial charge in [-0.3, -0.25) is 4.79 Å². The van der Waals surface area contributed by atoms with E-state index in [-0.39, 0.29) is 18.1 Å². The minimum atomic E-state index is -0.355. The van der Waals surface area contributed by atoms with Gasteiger partial charge >= 0.3 is 0 Å². The minimum Gasteiger partial charge on any atom is -0.364 e. The average Bonchev–Trinajstić information content (AvgIpc) is 2.38. The first-order valence-corrected chi connectivity index (χ1v) is 7.65. The van der Waals surface area contributed by atoms with E-state index >= 15 is 0 Å². The normalized spacial score (nSPS) is 25.3. The highest BCUT2D eigenvalue weighted by Crippen LogP contribution is 2.22. The maximum absolute atomic E-state index is 11.9. The fourth-order valence-corrected chi connectivity index (χ4v) is 2.54. The summed E-state index contributed by atoms with van der Waals surface area (Å²) in [6, 6.07) is 0.389. The molecule has 1 amide bonds. The van der Waals surface area contributed by atoms with Crippen molar-refractivity contribution in [1.82, 2.24) is 10.6 Å². The molecule has 2 N–H and O–H groups in total. The molecule has 0 spiro atoms. The Morgan fingerprint density at radius 1 is 1.26 bits per heavy atom. The molecule has 4 nitrogen and oxygen atoms in total. The van der Waals surface area contributed by atoms with Crippen LogP contribution in [0.4, 0.5) is 0 Å². The molecule has 1 rings (SSSR count). The summed E-state index contributed by atoms with van der Waals surface area (Å²) in [7, 11) is 1.97. The second-order valence-electron chi connectivity index (χ2n) is 5.97. The van der Waals surface area contributed by atoms with E-state index in [1.165, 1.54) is 12.8 Å². The van der Waals surface area contributed by atoms with Gasteiger partial charge in [0.25, 0.3) is 0 Å². The van der Waals surface area contributed by atoms with Gasteiger partial charge in [-0.15, -0.1) is 0 Å². The van der Waals surface area contributed by atoms with Crippen LogP contribution in [0.15, 0.2) is 0 Å². The van der Waals surface area contributed by atoms with Gasteiger partial charge in [-0.25, -0.2) is 0 Å². The lowest BCUT2D eigenvalue weighted by atomic mass is 9.92. The molecule has 0 heterocycles. The molecule has 1 aliphatic rings. The summed E-state index contributed by atoms with van der Waals surface area (Å²) in [4.78, 5) is 11.9. The molecular formula is C15H30N2O2. The molecular weight excluding hydrogens is 240 g/mol. The molecule has 3 unspecified atom stereocenters. The van der Waals surface area contributed by atoms with Gasteiger partial charge in [-0.1, -0.05) is 26.7 Å². The first-order chi connectivity index (χ1) is 9.04. The standard InChI is InChI=1S/C15H30N2O2/c1-11(2)9-10-17-15(18)12(3)19-14-8-6-5-7-13(14)16-4/h11-14,16H,5-10H2,1-4H3,(H,17,18). The monoisotopic (exact) mass is 270 g/mol. The van der Waals surface area contributed by atoms with E-state index in [0.717, 1.165) is 25.8 Å². The summed E-state index contributed by atoms with van der Waals surface area (Å²) in [6.07, 6.45) is 5.47. The van der Waals surface area contributed by atoms with E-state index in [1.54, 1.807) is 0 Å². The molecule has 0 saturated heterocycles. The van der Waals surface area contributed by atoms with Crippen molar-refractivity contribution < 1.29 is 9.53 Å². The smallest absolute Gasteiger partial charge is 0.248 e. The molecule has 0 radical (unpaired) electrons. The molecule has 1 aliphatic carbocycles. The van der Waals surface area contributed by atoms with Gasteiger partial charge in [0.1, 0.15) is 6.10 Å². The van der Waals surface area contributed by atoms with E-state index < -0.39 is 0 Å². The number of hydrogen-bond donors (Lipinski definition) is 2. The predicted octanol–water partition coefficient (Wildman–Crippen LogP) is 2.08. The SMILES string of the molecule is CNC1CCCCC1OC(C)C(=O)NCCC(C)C. The van der Waals surface area contributed by atoms with Crippen molar-refractivity contribution in [3.63, 3.8) is 0 Å². The Morgan fingerprint density at radius 2 is 1.95 bits per heavy atom. The van der Waals surface area contributed by atoms with Gasteiger partial charge in [-0.05, 0) is 39.2 Å². The quantitative estimate of drug-likeness (QED) is 0.745. The van der Waals surface area contributed by atoms with Crippen LogP contribution in [0, 0.1) is 5.92 Å². The van der Waals surface area contributed by atoms with E-state index in [4.69, 9.17) is 4.74 Å². The number of nitrogens with one attached hydrogen (secondary N) is 2. The maximum Gasteiger partial charge on any atom is 0.248 e. The Labute approximate surface area is 117 Å². The molecule has 1 fully saturated rings.